The molecule has 0 spiro atoms. The molecule has 0 fully saturated rings. The van der Waals surface area contributed by atoms with Crippen molar-refractivity contribution < 1.29 is 0 Å². The second kappa shape index (κ2) is 3.16. The molecule has 14 heavy (non-hydrogen) atoms. The predicted octanol–water partition coefficient (Wildman–Crippen LogP) is 3.69. The summed E-state index contributed by atoms with van der Waals surface area (Å²) in [5.41, 5.74) is 1.68. The Morgan fingerprint density at radius 3 is 3.00 bits per heavy atom. The van der Waals surface area contributed by atoms with E-state index in [-0.39, 0.29) is 0 Å². The predicted molar refractivity (Wildman–Crippen MR) is 63.1 cm³/mol. The Labute approximate surface area is 89.5 Å². The fourth-order valence-electron chi connectivity index (χ4n) is 2.45. The molecule has 0 saturated heterocycles. The van der Waals surface area contributed by atoms with Crippen molar-refractivity contribution in [3.8, 4) is 0 Å². The van der Waals surface area contributed by atoms with Gasteiger partial charge in [-0.1, -0.05) is 43.4 Å². The fraction of sp³-hybridized carbons (Fsp3) is 0.385. The lowest BCUT2D eigenvalue weighted by Gasteiger charge is -2.20. The van der Waals surface area contributed by atoms with Gasteiger partial charge in [-0.2, -0.15) is 0 Å². The maximum atomic E-state index is 2.37. The molecule has 0 saturated carbocycles. The summed E-state index contributed by atoms with van der Waals surface area (Å²) in [7, 11) is 0. The first-order valence-electron chi connectivity index (χ1n) is 5.27. The molecule has 3 rings (SSSR count). The van der Waals surface area contributed by atoms with Crippen LogP contribution in [0.1, 0.15) is 13.3 Å². The van der Waals surface area contributed by atoms with Gasteiger partial charge in [-0.25, -0.2) is 0 Å². The molecular formula is C13H14S. The van der Waals surface area contributed by atoms with E-state index >= 15 is 0 Å². The normalized spacial score (nSPS) is 38.8. The van der Waals surface area contributed by atoms with Crippen molar-refractivity contribution in [2.45, 2.75) is 18.6 Å². The molecule has 0 aromatic carbocycles. The number of hydrogen-bond donors (Lipinski definition) is 0. The molecule has 0 N–H and O–H groups in total. The lowest BCUT2D eigenvalue weighted by molar-refractivity contribution is 0.639. The Hall–Kier alpha value is -0.690. The lowest BCUT2D eigenvalue weighted by atomic mass is 9.84. The van der Waals surface area contributed by atoms with Crippen LogP contribution in [0.5, 0.6) is 0 Å². The van der Waals surface area contributed by atoms with Crippen molar-refractivity contribution in [1.29, 1.82) is 0 Å². The molecule has 3 aliphatic rings. The highest BCUT2D eigenvalue weighted by Crippen LogP contribution is 2.49. The van der Waals surface area contributed by atoms with Gasteiger partial charge in [0.25, 0.3) is 0 Å². The fourth-order valence-corrected chi connectivity index (χ4v) is 3.84. The van der Waals surface area contributed by atoms with Crippen molar-refractivity contribution >= 4 is 11.8 Å². The molecule has 1 heteroatoms. The summed E-state index contributed by atoms with van der Waals surface area (Å²) in [6, 6.07) is 0. The van der Waals surface area contributed by atoms with E-state index in [0.717, 1.165) is 5.92 Å². The van der Waals surface area contributed by atoms with Crippen molar-refractivity contribution in [3.05, 3.63) is 46.9 Å². The minimum absolute atomic E-state index is 0.681. The number of hydrogen-bond acceptors (Lipinski definition) is 1. The number of thioether (sulfide) groups is 1. The Kier molecular flexibility index (Phi) is 1.94. The van der Waals surface area contributed by atoms with Gasteiger partial charge in [0.1, 0.15) is 0 Å². The van der Waals surface area contributed by atoms with Gasteiger partial charge in [-0.05, 0) is 17.9 Å². The monoisotopic (exact) mass is 202 g/mol. The zero-order valence-electron chi connectivity index (χ0n) is 8.31. The summed E-state index contributed by atoms with van der Waals surface area (Å²) in [6.07, 6.45) is 15.0. The van der Waals surface area contributed by atoms with Crippen LogP contribution in [0, 0.1) is 11.8 Å². The quantitative estimate of drug-likeness (QED) is 0.577. The standard InChI is InChI=1S/C13H14S/c1-9-6-7-13-11(8-9)10-4-2-3-5-12(10)14-13/h2-7,9-10,12H,8H2,1H3. The van der Waals surface area contributed by atoms with Crippen LogP contribution in [0.3, 0.4) is 0 Å². The molecule has 3 unspecified atom stereocenters. The summed E-state index contributed by atoms with van der Waals surface area (Å²) in [6.45, 7) is 2.31. The molecule has 2 aliphatic carbocycles. The van der Waals surface area contributed by atoms with Gasteiger partial charge in [0.2, 0.25) is 0 Å². The first-order valence-corrected chi connectivity index (χ1v) is 6.15. The Balaban J connectivity index is 1.96. The average molecular weight is 202 g/mol. The summed E-state index contributed by atoms with van der Waals surface area (Å²) in [4.78, 5) is 1.54. The highest BCUT2D eigenvalue weighted by Gasteiger charge is 2.33. The summed E-state index contributed by atoms with van der Waals surface area (Å²) < 4.78 is 0. The van der Waals surface area contributed by atoms with E-state index in [1.54, 1.807) is 5.57 Å². The van der Waals surface area contributed by atoms with E-state index in [9.17, 15) is 0 Å². The van der Waals surface area contributed by atoms with Crippen LogP contribution in [0.2, 0.25) is 0 Å². The molecule has 72 valence electrons. The number of rotatable bonds is 0. The molecule has 0 bridgehead atoms. The van der Waals surface area contributed by atoms with Crippen molar-refractivity contribution in [2.75, 3.05) is 0 Å². The van der Waals surface area contributed by atoms with E-state index in [1.807, 2.05) is 11.8 Å². The molecule has 0 aromatic heterocycles. The summed E-state index contributed by atoms with van der Waals surface area (Å²) >= 11 is 2.04. The minimum Gasteiger partial charge on any atom is -0.118 e. The highest BCUT2D eigenvalue weighted by atomic mass is 32.2. The van der Waals surface area contributed by atoms with Crippen molar-refractivity contribution in [2.24, 2.45) is 11.8 Å². The Morgan fingerprint density at radius 1 is 1.21 bits per heavy atom. The summed E-state index contributed by atoms with van der Waals surface area (Å²) in [5.74, 6) is 1.42. The third kappa shape index (κ3) is 1.23. The van der Waals surface area contributed by atoms with Gasteiger partial charge in [-0.3, -0.25) is 0 Å². The lowest BCUT2D eigenvalue weighted by Crippen LogP contribution is -2.13. The first-order chi connectivity index (χ1) is 6.84. The van der Waals surface area contributed by atoms with Crippen LogP contribution in [-0.2, 0) is 0 Å². The van der Waals surface area contributed by atoms with Gasteiger partial charge >= 0.3 is 0 Å². The smallest absolute Gasteiger partial charge is 0.0378 e. The molecule has 0 radical (unpaired) electrons. The van der Waals surface area contributed by atoms with E-state index in [2.05, 4.69) is 43.4 Å². The topological polar surface area (TPSA) is 0 Å². The number of allylic oxidation sites excluding steroid dienone is 6. The van der Waals surface area contributed by atoms with Crippen molar-refractivity contribution in [1.82, 2.24) is 0 Å². The highest BCUT2D eigenvalue weighted by molar-refractivity contribution is 8.04. The molecule has 1 heterocycles. The van der Waals surface area contributed by atoms with E-state index < -0.39 is 0 Å². The summed E-state index contributed by atoms with van der Waals surface area (Å²) in [5, 5.41) is 0.681. The molecule has 3 atom stereocenters. The van der Waals surface area contributed by atoms with Gasteiger partial charge in [0, 0.05) is 16.1 Å². The van der Waals surface area contributed by atoms with E-state index in [4.69, 9.17) is 0 Å². The maximum absolute atomic E-state index is 2.37. The zero-order valence-corrected chi connectivity index (χ0v) is 9.13. The third-order valence-electron chi connectivity index (χ3n) is 3.18. The van der Waals surface area contributed by atoms with Gasteiger partial charge < -0.3 is 0 Å². The molecule has 0 nitrogen and oxygen atoms in total. The molecule has 0 aromatic rings. The van der Waals surface area contributed by atoms with Gasteiger partial charge in [-0.15, -0.1) is 11.8 Å². The van der Waals surface area contributed by atoms with Crippen LogP contribution in [-0.4, -0.2) is 5.25 Å². The van der Waals surface area contributed by atoms with Crippen molar-refractivity contribution in [3.63, 3.8) is 0 Å². The van der Waals surface area contributed by atoms with Crippen LogP contribution in [0.15, 0.2) is 46.9 Å². The van der Waals surface area contributed by atoms with Crippen LogP contribution in [0.25, 0.3) is 0 Å². The van der Waals surface area contributed by atoms with Gasteiger partial charge in [0.15, 0.2) is 0 Å². The Morgan fingerprint density at radius 2 is 2.07 bits per heavy atom. The zero-order chi connectivity index (χ0) is 9.54. The second-order valence-corrected chi connectivity index (χ2v) is 5.53. The largest absolute Gasteiger partial charge is 0.118 e. The van der Waals surface area contributed by atoms with Gasteiger partial charge in [0.05, 0.1) is 0 Å². The van der Waals surface area contributed by atoms with Crippen LogP contribution in [0.4, 0.5) is 0 Å². The molecule has 0 amide bonds. The minimum atomic E-state index is 0.681. The first kappa shape index (κ1) is 8.60. The molecule has 1 aliphatic heterocycles. The van der Waals surface area contributed by atoms with Crippen LogP contribution < -0.4 is 0 Å². The van der Waals surface area contributed by atoms with E-state index in [1.165, 1.54) is 11.3 Å². The Bertz CT molecular complexity index is 371. The molecular weight excluding hydrogens is 188 g/mol. The maximum Gasteiger partial charge on any atom is 0.0378 e. The second-order valence-electron chi connectivity index (χ2n) is 4.31. The van der Waals surface area contributed by atoms with E-state index in [0.29, 0.717) is 11.2 Å². The average Bonchev–Trinajstić information content (AvgIpc) is 2.56. The van der Waals surface area contributed by atoms with Crippen LogP contribution >= 0.6 is 11.8 Å². The third-order valence-corrected chi connectivity index (χ3v) is 4.56. The SMILES string of the molecule is CC1C=CC2=C(C1)C1C=CC=CC1S2. The number of fused-ring (bicyclic) bond motifs is 2.